The van der Waals surface area contributed by atoms with E-state index in [2.05, 4.69) is 5.32 Å². The van der Waals surface area contributed by atoms with Crippen LogP contribution in [0.25, 0.3) is 6.08 Å². The molecule has 200 valence electrons. The number of barbiturate groups is 1. The van der Waals surface area contributed by atoms with Crippen LogP contribution in [0.3, 0.4) is 0 Å². The number of hydrogen-bond donors (Lipinski definition) is 2. The summed E-state index contributed by atoms with van der Waals surface area (Å²) in [5, 5.41) is 12.2. The second kappa shape index (κ2) is 11.8. The number of aromatic carboxylic acids is 1. The predicted molar refractivity (Wildman–Crippen MR) is 146 cm³/mol. The summed E-state index contributed by atoms with van der Waals surface area (Å²) in [7, 11) is 0. The van der Waals surface area contributed by atoms with Crippen LogP contribution in [0.15, 0.2) is 60.2 Å². The predicted octanol–water partition coefficient (Wildman–Crippen LogP) is 5.99. The Hall–Kier alpha value is -4.05. The number of halogens is 3. The van der Waals surface area contributed by atoms with Gasteiger partial charge in [-0.05, 0) is 67.1 Å². The van der Waals surface area contributed by atoms with Crippen molar-refractivity contribution >= 4 is 70.4 Å². The minimum Gasteiger partial charge on any atom is -0.490 e. The molecule has 0 aromatic heterocycles. The van der Waals surface area contributed by atoms with Crippen LogP contribution in [0.2, 0.25) is 15.1 Å². The maximum absolute atomic E-state index is 13.2. The van der Waals surface area contributed by atoms with Gasteiger partial charge in [0.2, 0.25) is 0 Å². The minimum atomic E-state index is -1.17. The number of carboxylic acid groups (broad SMARTS) is 1. The summed E-state index contributed by atoms with van der Waals surface area (Å²) in [5.74, 6) is -2.50. The average Bonchev–Trinajstić information content (AvgIpc) is 2.87. The van der Waals surface area contributed by atoms with E-state index < -0.39 is 23.8 Å². The highest BCUT2D eigenvalue weighted by molar-refractivity contribution is 6.39. The van der Waals surface area contributed by atoms with Gasteiger partial charge in [0.05, 0.1) is 22.9 Å². The number of carbonyl (C=O) groups is 4. The third-order valence-corrected chi connectivity index (χ3v) is 6.37. The lowest BCUT2D eigenvalue weighted by molar-refractivity contribution is -0.122. The Labute approximate surface area is 237 Å². The largest absolute Gasteiger partial charge is 0.490 e. The highest BCUT2D eigenvalue weighted by Crippen LogP contribution is 2.38. The maximum Gasteiger partial charge on any atom is 0.335 e. The fourth-order valence-corrected chi connectivity index (χ4v) is 4.41. The Morgan fingerprint density at radius 3 is 2.33 bits per heavy atom. The van der Waals surface area contributed by atoms with Crippen LogP contribution >= 0.6 is 34.8 Å². The van der Waals surface area contributed by atoms with Gasteiger partial charge in [0.1, 0.15) is 12.2 Å². The van der Waals surface area contributed by atoms with Gasteiger partial charge in [-0.1, -0.05) is 40.9 Å². The zero-order valence-corrected chi connectivity index (χ0v) is 22.4. The topological polar surface area (TPSA) is 122 Å². The van der Waals surface area contributed by atoms with Crippen LogP contribution in [0.1, 0.15) is 28.4 Å². The molecule has 4 rings (SSSR count). The molecule has 4 amide bonds. The molecule has 0 spiro atoms. The normalized spacial score (nSPS) is 14.4. The van der Waals surface area contributed by atoms with Gasteiger partial charge in [-0.15, -0.1) is 0 Å². The van der Waals surface area contributed by atoms with E-state index in [-0.39, 0.29) is 46.6 Å². The fourth-order valence-electron chi connectivity index (χ4n) is 3.67. The third kappa shape index (κ3) is 6.17. The smallest absolute Gasteiger partial charge is 0.335 e. The molecule has 12 heteroatoms. The number of rotatable bonds is 8. The first-order valence-corrected chi connectivity index (χ1v) is 12.5. The second-order valence-electron chi connectivity index (χ2n) is 8.10. The molecular formula is C27H19Cl3N2O7. The van der Waals surface area contributed by atoms with Crippen LogP contribution in [0.5, 0.6) is 11.5 Å². The number of carboxylic acids is 1. The molecule has 3 aromatic carbocycles. The molecule has 0 atom stereocenters. The first kappa shape index (κ1) is 28.0. The Morgan fingerprint density at radius 2 is 1.69 bits per heavy atom. The standard InChI is InChI=1S/C27H19Cl3N2O7/c1-2-38-22-11-14(10-21(30)23(22)39-13-16-3-6-17(28)12-20(16)29)9-19-24(33)31-27(37)32(25(19)34)18-7-4-15(5-8-18)26(35)36/h3-12H,2,13H2,1H3,(H,35,36)(H,31,33,37)/b19-9+. The van der Waals surface area contributed by atoms with Crippen LogP contribution in [0, 0.1) is 0 Å². The van der Waals surface area contributed by atoms with Crippen molar-refractivity contribution in [1.82, 2.24) is 5.32 Å². The van der Waals surface area contributed by atoms with Gasteiger partial charge in [-0.3, -0.25) is 14.9 Å². The van der Waals surface area contributed by atoms with Crippen molar-refractivity contribution in [3.63, 3.8) is 0 Å². The lowest BCUT2D eigenvalue weighted by Gasteiger charge is -2.26. The van der Waals surface area contributed by atoms with Gasteiger partial charge < -0.3 is 14.6 Å². The molecule has 1 heterocycles. The Kier molecular flexibility index (Phi) is 8.44. The zero-order chi connectivity index (χ0) is 28.3. The third-order valence-electron chi connectivity index (χ3n) is 5.50. The van der Waals surface area contributed by atoms with Crippen molar-refractivity contribution in [2.75, 3.05) is 11.5 Å². The molecule has 0 radical (unpaired) electrons. The van der Waals surface area contributed by atoms with Crippen molar-refractivity contribution in [2.24, 2.45) is 0 Å². The quantitative estimate of drug-likeness (QED) is 0.244. The molecule has 0 saturated carbocycles. The van der Waals surface area contributed by atoms with Crippen molar-refractivity contribution in [3.05, 3.63) is 91.9 Å². The number of urea groups is 1. The number of carbonyl (C=O) groups excluding carboxylic acids is 3. The number of benzene rings is 3. The van der Waals surface area contributed by atoms with Gasteiger partial charge in [0.25, 0.3) is 11.8 Å². The number of anilines is 1. The number of amides is 4. The molecule has 1 fully saturated rings. The monoisotopic (exact) mass is 588 g/mol. The van der Waals surface area contributed by atoms with E-state index in [1.807, 2.05) is 0 Å². The van der Waals surface area contributed by atoms with E-state index in [1.54, 1.807) is 25.1 Å². The summed E-state index contributed by atoms with van der Waals surface area (Å²) in [6, 6.07) is 12.1. The molecular weight excluding hydrogens is 571 g/mol. The van der Waals surface area contributed by atoms with Crippen molar-refractivity contribution in [2.45, 2.75) is 13.5 Å². The van der Waals surface area contributed by atoms with Gasteiger partial charge in [0.15, 0.2) is 11.5 Å². The summed E-state index contributed by atoms with van der Waals surface area (Å²) in [6.07, 6.45) is 1.26. The Morgan fingerprint density at radius 1 is 0.974 bits per heavy atom. The van der Waals surface area contributed by atoms with Crippen LogP contribution in [-0.2, 0) is 16.2 Å². The van der Waals surface area contributed by atoms with Crippen LogP contribution < -0.4 is 19.7 Å². The first-order valence-electron chi connectivity index (χ1n) is 11.4. The fraction of sp³-hybridized carbons (Fsp3) is 0.111. The van der Waals surface area contributed by atoms with Crippen molar-refractivity contribution in [1.29, 1.82) is 0 Å². The highest BCUT2D eigenvalue weighted by atomic mass is 35.5. The van der Waals surface area contributed by atoms with E-state index in [4.69, 9.17) is 49.4 Å². The minimum absolute atomic E-state index is 0.0332. The average molecular weight is 590 g/mol. The highest BCUT2D eigenvalue weighted by Gasteiger charge is 2.37. The van der Waals surface area contributed by atoms with Gasteiger partial charge >= 0.3 is 12.0 Å². The lowest BCUT2D eigenvalue weighted by atomic mass is 10.1. The molecule has 3 aromatic rings. The molecule has 0 unspecified atom stereocenters. The molecule has 1 aliphatic rings. The van der Waals surface area contributed by atoms with Crippen LogP contribution in [0.4, 0.5) is 10.5 Å². The Balaban J connectivity index is 1.65. The van der Waals surface area contributed by atoms with Crippen molar-refractivity contribution in [3.8, 4) is 11.5 Å². The van der Waals surface area contributed by atoms with E-state index >= 15 is 0 Å². The molecule has 1 aliphatic heterocycles. The van der Waals surface area contributed by atoms with Gasteiger partial charge in [0, 0.05) is 15.6 Å². The van der Waals surface area contributed by atoms with E-state index in [0.717, 1.165) is 4.90 Å². The zero-order valence-electron chi connectivity index (χ0n) is 20.2. The van der Waals surface area contributed by atoms with Crippen LogP contribution in [-0.4, -0.2) is 35.5 Å². The van der Waals surface area contributed by atoms with Gasteiger partial charge in [-0.2, -0.15) is 0 Å². The first-order chi connectivity index (χ1) is 18.6. The summed E-state index contributed by atoms with van der Waals surface area (Å²) in [6.45, 7) is 2.09. The van der Waals surface area contributed by atoms with E-state index in [1.165, 1.54) is 42.5 Å². The second-order valence-corrected chi connectivity index (χ2v) is 9.35. The number of hydrogen-bond acceptors (Lipinski definition) is 6. The number of ether oxygens (including phenoxy) is 2. The molecule has 2 N–H and O–H groups in total. The summed E-state index contributed by atoms with van der Waals surface area (Å²) >= 11 is 18.7. The summed E-state index contributed by atoms with van der Waals surface area (Å²) in [5.41, 5.74) is 0.690. The number of imide groups is 2. The summed E-state index contributed by atoms with van der Waals surface area (Å²) in [4.78, 5) is 50.1. The molecule has 0 aliphatic carbocycles. The lowest BCUT2D eigenvalue weighted by Crippen LogP contribution is -2.54. The maximum atomic E-state index is 13.2. The van der Waals surface area contributed by atoms with Gasteiger partial charge in [-0.25, -0.2) is 14.5 Å². The molecule has 1 saturated heterocycles. The number of nitrogens with zero attached hydrogens (tertiary/aromatic N) is 1. The number of nitrogens with one attached hydrogen (secondary N) is 1. The van der Waals surface area contributed by atoms with Crippen molar-refractivity contribution < 1.29 is 33.8 Å². The molecule has 39 heavy (non-hydrogen) atoms. The molecule has 9 nitrogen and oxygen atoms in total. The summed E-state index contributed by atoms with van der Waals surface area (Å²) < 4.78 is 11.6. The van der Waals surface area contributed by atoms with E-state index in [0.29, 0.717) is 21.2 Å². The Bertz CT molecular complexity index is 1520. The molecule has 0 bridgehead atoms. The van der Waals surface area contributed by atoms with E-state index in [9.17, 15) is 19.2 Å². The SMILES string of the molecule is CCOc1cc(/C=C2\C(=O)NC(=O)N(c3ccc(C(=O)O)cc3)C2=O)cc(Cl)c1OCc1ccc(Cl)cc1Cl.